The Labute approximate surface area is 108 Å². The first-order valence-electron chi connectivity index (χ1n) is 5.79. The molecule has 2 N–H and O–H groups in total. The zero-order valence-electron chi connectivity index (χ0n) is 10.4. The predicted molar refractivity (Wildman–Crippen MR) is 70.1 cm³/mol. The molecule has 0 fully saturated rings. The molecule has 6 heteroatoms. The summed E-state index contributed by atoms with van der Waals surface area (Å²) in [6.07, 6.45) is -3.42. The number of nitrogen functional groups attached to an aromatic ring is 1. The summed E-state index contributed by atoms with van der Waals surface area (Å²) in [5.41, 5.74) is 7.66. The standard InChI is InChI=1S/C13H14F3N3/c1-19(8-6-13(14,15)16)11-5-4-10(17)9-3-2-7-18-12(9)11/h2-5,7H,6,8,17H2,1H3. The van der Waals surface area contributed by atoms with Crippen LogP contribution in [0.15, 0.2) is 30.5 Å². The summed E-state index contributed by atoms with van der Waals surface area (Å²) in [5.74, 6) is 0. The molecule has 19 heavy (non-hydrogen) atoms. The lowest BCUT2D eigenvalue weighted by Gasteiger charge is -2.21. The van der Waals surface area contributed by atoms with Crippen molar-refractivity contribution < 1.29 is 13.2 Å². The second kappa shape index (κ2) is 4.95. The Morgan fingerprint density at radius 1 is 1.26 bits per heavy atom. The number of hydrogen-bond acceptors (Lipinski definition) is 3. The number of nitrogens with two attached hydrogens (primary N) is 1. The highest BCUT2D eigenvalue weighted by Crippen LogP contribution is 2.29. The van der Waals surface area contributed by atoms with Gasteiger partial charge in [0, 0.05) is 30.9 Å². The van der Waals surface area contributed by atoms with Crippen molar-refractivity contribution in [3.8, 4) is 0 Å². The van der Waals surface area contributed by atoms with Crippen LogP contribution in [0.2, 0.25) is 0 Å². The van der Waals surface area contributed by atoms with E-state index in [-0.39, 0.29) is 6.54 Å². The molecule has 1 aromatic carbocycles. The van der Waals surface area contributed by atoms with Crippen molar-refractivity contribution in [2.75, 3.05) is 24.2 Å². The fourth-order valence-corrected chi connectivity index (χ4v) is 1.90. The molecule has 0 unspecified atom stereocenters. The minimum absolute atomic E-state index is 0.112. The van der Waals surface area contributed by atoms with Crippen LogP contribution in [-0.4, -0.2) is 24.8 Å². The Bertz CT molecular complexity index is 581. The Morgan fingerprint density at radius 3 is 2.68 bits per heavy atom. The quantitative estimate of drug-likeness (QED) is 0.870. The lowest BCUT2D eigenvalue weighted by molar-refractivity contribution is -0.132. The van der Waals surface area contributed by atoms with Gasteiger partial charge >= 0.3 is 6.18 Å². The first-order valence-corrected chi connectivity index (χ1v) is 5.79. The van der Waals surface area contributed by atoms with Crippen LogP contribution in [-0.2, 0) is 0 Å². The van der Waals surface area contributed by atoms with E-state index >= 15 is 0 Å². The van der Waals surface area contributed by atoms with Crippen LogP contribution in [0.5, 0.6) is 0 Å². The van der Waals surface area contributed by atoms with Crippen LogP contribution >= 0.6 is 0 Å². The van der Waals surface area contributed by atoms with Gasteiger partial charge in [0.05, 0.1) is 17.6 Å². The van der Waals surface area contributed by atoms with Crippen LogP contribution in [0.4, 0.5) is 24.5 Å². The minimum atomic E-state index is -4.16. The molecule has 2 rings (SSSR count). The molecule has 0 aliphatic rings. The summed E-state index contributed by atoms with van der Waals surface area (Å²) in [7, 11) is 1.62. The van der Waals surface area contributed by atoms with Gasteiger partial charge in [-0.3, -0.25) is 4.98 Å². The summed E-state index contributed by atoms with van der Waals surface area (Å²) < 4.78 is 36.7. The van der Waals surface area contributed by atoms with Crippen molar-refractivity contribution in [1.82, 2.24) is 4.98 Å². The summed E-state index contributed by atoms with van der Waals surface area (Å²) in [5, 5.41) is 0.749. The minimum Gasteiger partial charge on any atom is -0.398 e. The molecule has 0 radical (unpaired) electrons. The van der Waals surface area contributed by atoms with Gasteiger partial charge in [-0.25, -0.2) is 0 Å². The number of nitrogens with zero attached hydrogens (tertiary/aromatic N) is 2. The molecule has 0 aliphatic carbocycles. The summed E-state index contributed by atoms with van der Waals surface area (Å²) in [6, 6.07) is 6.93. The van der Waals surface area contributed by atoms with Gasteiger partial charge in [0.1, 0.15) is 0 Å². The largest absolute Gasteiger partial charge is 0.398 e. The molecule has 0 spiro atoms. The molecule has 2 aromatic rings. The van der Waals surface area contributed by atoms with E-state index < -0.39 is 12.6 Å². The fraction of sp³-hybridized carbons (Fsp3) is 0.308. The number of alkyl halides is 3. The third kappa shape index (κ3) is 3.07. The molecule has 0 saturated carbocycles. The number of anilines is 2. The van der Waals surface area contributed by atoms with E-state index in [2.05, 4.69) is 4.98 Å². The zero-order valence-corrected chi connectivity index (χ0v) is 10.4. The van der Waals surface area contributed by atoms with Crippen LogP contribution in [0.25, 0.3) is 10.9 Å². The maximum absolute atomic E-state index is 12.2. The van der Waals surface area contributed by atoms with Gasteiger partial charge in [-0.15, -0.1) is 0 Å². The van der Waals surface area contributed by atoms with Crippen molar-refractivity contribution in [2.45, 2.75) is 12.6 Å². The highest BCUT2D eigenvalue weighted by Gasteiger charge is 2.27. The van der Waals surface area contributed by atoms with Crippen molar-refractivity contribution in [2.24, 2.45) is 0 Å². The first-order chi connectivity index (χ1) is 8.88. The molecule has 0 amide bonds. The Morgan fingerprint density at radius 2 is 2.00 bits per heavy atom. The Balaban J connectivity index is 2.32. The first kappa shape index (κ1) is 13.5. The zero-order chi connectivity index (χ0) is 14.0. The molecule has 0 atom stereocenters. The molecule has 0 aliphatic heterocycles. The van der Waals surface area contributed by atoms with Crippen LogP contribution in [0.1, 0.15) is 6.42 Å². The van der Waals surface area contributed by atoms with Crippen molar-refractivity contribution in [3.05, 3.63) is 30.5 Å². The number of halogens is 3. The van der Waals surface area contributed by atoms with E-state index in [4.69, 9.17) is 5.73 Å². The molecule has 102 valence electrons. The SMILES string of the molecule is CN(CCC(F)(F)F)c1ccc(N)c2cccnc12. The number of benzene rings is 1. The summed E-state index contributed by atoms with van der Waals surface area (Å²) >= 11 is 0. The topological polar surface area (TPSA) is 42.1 Å². The van der Waals surface area contributed by atoms with Gasteiger partial charge in [0.15, 0.2) is 0 Å². The third-order valence-electron chi connectivity index (χ3n) is 2.92. The van der Waals surface area contributed by atoms with Gasteiger partial charge in [-0.05, 0) is 24.3 Å². The van der Waals surface area contributed by atoms with Crippen molar-refractivity contribution in [3.63, 3.8) is 0 Å². The summed E-state index contributed by atoms with van der Waals surface area (Å²) in [6.45, 7) is -0.112. The average molecular weight is 269 g/mol. The highest BCUT2D eigenvalue weighted by molar-refractivity contribution is 5.98. The number of rotatable bonds is 3. The number of pyridine rings is 1. The van der Waals surface area contributed by atoms with E-state index in [1.807, 2.05) is 0 Å². The third-order valence-corrected chi connectivity index (χ3v) is 2.92. The smallest absolute Gasteiger partial charge is 0.390 e. The highest BCUT2D eigenvalue weighted by atomic mass is 19.4. The Hall–Kier alpha value is -1.98. The lowest BCUT2D eigenvalue weighted by Crippen LogP contribution is -2.24. The molecular formula is C13H14F3N3. The van der Waals surface area contributed by atoms with E-state index in [0.717, 1.165) is 5.39 Å². The second-order valence-corrected chi connectivity index (χ2v) is 4.36. The second-order valence-electron chi connectivity index (χ2n) is 4.36. The van der Waals surface area contributed by atoms with E-state index in [1.54, 1.807) is 42.4 Å². The van der Waals surface area contributed by atoms with Crippen LogP contribution < -0.4 is 10.6 Å². The lowest BCUT2D eigenvalue weighted by atomic mass is 10.1. The maximum Gasteiger partial charge on any atom is 0.390 e. The van der Waals surface area contributed by atoms with Gasteiger partial charge in [0.25, 0.3) is 0 Å². The van der Waals surface area contributed by atoms with Crippen LogP contribution in [0.3, 0.4) is 0 Å². The monoisotopic (exact) mass is 269 g/mol. The predicted octanol–water partition coefficient (Wildman–Crippen LogP) is 3.21. The van der Waals surface area contributed by atoms with Gasteiger partial charge < -0.3 is 10.6 Å². The maximum atomic E-state index is 12.2. The Kier molecular flexibility index (Phi) is 3.50. The van der Waals surface area contributed by atoms with Gasteiger partial charge in [-0.1, -0.05) is 0 Å². The summed E-state index contributed by atoms with van der Waals surface area (Å²) in [4.78, 5) is 5.75. The van der Waals surface area contributed by atoms with E-state index in [9.17, 15) is 13.2 Å². The molecule has 1 aromatic heterocycles. The molecule has 1 heterocycles. The van der Waals surface area contributed by atoms with Crippen LogP contribution in [0, 0.1) is 0 Å². The molecule has 0 bridgehead atoms. The molecular weight excluding hydrogens is 255 g/mol. The van der Waals surface area contributed by atoms with Gasteiger partial charge in [-0.2, -0.15) is 13.2 Å². The normalized spacial score (nSPS) is 11.8. The number of hydrogen-bond donors (Lipinski definition) is 1. The van der Waals surface area contributed by atoms with E-state index in [1.165, 1.54) is 0 Å². The fourth-order valence-electron chi connectivity index (χ4n) is 1.90. The molecule has 3 nitrogen and oxygen atoms in total. The molecule has 0 saturated heterocycles. The van der Waals surface area contributed by atoms with Gasteiger partial charge in [0.2, 0.25) is 0 Å². The van der Waals surface area contributed by atoms with Crippen molar-refractivity contribution >= 4 is 22.3 Å². The number of fused-ring (bicyclic) bond motifs is 1. The average Bonchev–Trinajstić information content (AvgIpc) is 2.36. The van der Waals surface area contributed by atoms with Crippen molar-refractivity contribution in [1.29, 1.82) is 0 Å². The van der Waals surface area contributed by atoms with E-state index in [0.29, 0.717) is 16.9 Å². The number of aromatic nitrogens is 1.